The maximum absolute atomic E-state index is 4.73. The highest BCUT2D eigenvalue weighted by atomic mass is 14.8. The molecule has 76 valence electrons. The van der Waals surface area contributed by atoms with E-state index in [1.807, 2.05) is 18.3 Å². The third-order valence-corrected chi connectivity index (χ3v) is 3.25. The maximum atomic E-state index is 4.73. The van der Waals surface area contributed by atoms with E-state index in [0.29, 0.717) is 5.92 Å². The number of pyridine rings is 2. The van der Waals surface area contributed by atoms with E-state index >= 15 is 0 Å². The highest BCUT2D eigenvalue weighted by Crippen LogP contribution is 2.31. The van der Waals surface area contributed by atoms with Crippen LogP contribution in [0.1, 0.15) is 36.9 Å². The lowest BCUT2D eigenvalue weighted by atomic mass is 9.88. The van der Waals surface area contributed by atoms with Crippen molar-refractivity contribution in [1.29, 1.82) is 0 Å². The molecule has 1 aliphatic rings. The Balaban J connectivity index is 2.27. The van der Waals surface area contributed by atoms with E-state index in [4.69, 9.17) is 4.98 Å². The lowest BCUT2D eigenvalue weighted by Gasteiger charge is -2.21. The first-order chi connectivity index (χ1) is 7.34. The molecule has 0 spiro atoms. The fraction of sp³-hybridized carbons (Fsp3) is 0.385. The smallest absolute Gasteiger partial charge is 0.0890 e. The van der Waals surface area contributed by atoms with Crippen LogP contribution in [0.3, 0.4) is 0 Å². The van der Waals surface area contributed by atoms with Crippen LogP contribution in [0.5, 0.6) is 0 Å². The van der Waals surface area contributed by atoms with E-state index in [0.717, 1.165) is 11.0 Å². The lowest BCUT2D eigenvalue weighted by molar-refractivity contribution is 0.576. The first kappa shape index (κ1) is 8.84. The van der Waals surface area contributed by atoms with Gasteiger partial charge in [-0.2, -0.15) is 0 Å². The number of nitrogens with zero attached hydrogens (tertiary/aromatic N) is 2. The van der Waals surface area contributed by atoms with Crippen LogP contribution in [0.4, 0.5) is 0 Å². The number of aryl methyl sites for hydroxylation is 1. The van der Waals surface area contributed by atoms with E-state index in [9.17, 15) is 0 Å². The molecule has 0 radical (unpaired) electrons. The second kappa shape index (κ2) is 3.30. The molecule has 0 N–H and O–H groups in total. The van der Waals surface area contributed by atoms with Gasteiger partial charge in [0, 0.05) is 11.9 Å². The molecule has 0 saturated carbocycles. The molecule has 0 aliphatic heterocycles. The molecule has 0 amide bonds. The van der Waals surface area contributed by atoms with Gasteiger partial charge in [-0.05, 0) is 48.9 Å². The summed E-state index contributed by atoms with van der Waals surface area (Å²) in [6.45, 7) is 2.27. The van der Waals surface area contributed by atoms with Crippen molar-refractivity contribution in [3.8, 4) is 0 Å². The highest BCUT2D eigenvalue weighted by Gasteiger charge is 2.18. The van der Waals surface area contributed by atoms with Crippen LogP contribution >= 0.6 is 0 Å². The molecule has 1 unspecified atom stereocenters. The quantitative estimate of drug-likeness (QED) is 0.650. The van der Waals surface area contributed by atoms with Crippen molar-refractivity contribution in [2.75, 3.05) is 0 Å². The largest absolute Gasteiger partial charge is 0.255 e. The predicted molar refractivity (Wildman–Crippen MR) is 60.9 cm³/mol. The Labute approximate surface area is 89.4 Å². The first-order valence-corrected chi connectivity index (χ1v) is 5.59. The molecule has 2 heteroatoms. The molecule has 3 rings (SSSR count). The van der Waals surface area contributed by atoms with Crippen LogP contribution in [0.15, 0.2) is 24.4 Å². The average molecular weight is 198 g/mol. The SMILES string of the molecule is CC1CCCc2cc3ncccc3nc21. The molecule has 0 aromatic carbocycles. The molecule has 0 bridgehead atoms. The first-order valence-electron chi connectivity index (χ1n) is 5.59. The van der Waals surface area contributed by atoms with E-state index in [2.05, 4.69) is 18.0 Å². The number of rotatable bonds is 0. The zero-order valence-electron chi connectivity index (χ0n) is 8.90. The summed E-state index contributed by atoms with van der Waals surface area (Å²) < 4.78 is 0. The molecular weight excluding hydrogens is 184 g/mol. The summed E-state index contributed by atoms with van der Waals surface area (Å²) in [5.74, 6) is 0.610. The van der Waals surface area contributed by atoms with Gasteiger partial charge in [0.2, 0.25) is 0 Å². The fourth-order valence-corrected chi connectivity index (χ4v) is 2.42. The molecule has 1 atom stereocenters. The minimum atomic E-state index is 0.610. The van der Waals surface area contributed by atoms with Crippen LogP contribution in [0.25, 0.3) is 11.0 Å². The highest BCUT2D eigenvalue weighted by molar-refractivity contribution is 5.75. The zero-order chi connectivity index (χ0) is 10.3. The van der Waals surface area contributed by atoms with Gasteiger partial charge in [-0.25, -0.2) is 0 Å². The maximum Gasteiger partial charge on any atom is 0.0890 e. The minimum Gasteiger partial charge on any atom is -0.255 e. The second-order valence-electron chi connectivity index (χ2n) is 4.37. The summed E-state index contributed by atoms with van der Waals surface area (Å²) >= 11 is 0. The topological polar surface area (TPSA) is 25.8 Å². The Kier molecular flexibility index (Phi) is 1.94. The standard InChI is InChI=1S/C13H14N2/c1-9-4-2-5-10-8-12-11(15-13(9)10)6-3-7-14-12/h3,6-9H,2,4-5H2,1H3. The average Bonchev–Trinajstić information content (AvgIpc) is 2.27. The molecular formula is C13H14N2. The summed E-state index contributed by atoms with van der Waals surface area (Å²) in [6.07, 6.45) is 5.56. The van der Waals surface area contributed by atoms with Crippen molar-refractivity contribution in [1.82, 2.24) is 9.97 Å². The van der Waals surface area contributed by atoms with E-state index in [1.54, 1.807) is 0 Å². The fourth-order valence-electron chi connectivity index (χ4n) is 2.42. The van der Waals surface area contributed by atoms with Gasteiger partial charge < -0.3 is 0 Å². The summed E-state index contributed by atoms with van der Waals surface area (Å²) in [6, 6.07) is 6.21. The monoisotopic (exact) mass is 198 g/mol. The number of aromatic nitrogens is 2. The van der Waals surface area contributed by atoms with E-state index in [-0.39, 0.29) is 0 Å². The summed E-state index contributed by atoms with van der Waals surface area (Å²) in [5.41, 5.74) is 4.76. The van der Waals surface area contributed by atoms with Gasteiger partial charge in [0.05, 0.1) is 11.0 Å². The summed E-state index contributed by atoms with van der Waals surface area (Å²) in [5, 5.41) is 0. The van der Waals surface area contributed by atoms with E-state index < -0.39 is 0 Å². The van der Waals surface area contributed by atoms with E-state index in [1.165, 1.54) is 30.5 Å². The molecule has 0 saturated heterocycles. The van der Waals surface area contributed by atoms with Crippen LogP contribution in [0, 0.1) is 0 Å². The van der Waals surface area contributed by atoms with Crippen LogP contribution in [0.2, 0.25) is 0 Å². The van der Waals surface area contributed by atoms with Crippen molar-refractivity contribution >= 4 is 11.0 Å². The summed E-state index contributed by atoms with van der Waals surface area (Å²) in [4.78, 5) is 9.09. The Morgan fingerprint density at radius 3 is 3.20 bits per heavy atom. The van der Waals surface area contributed by atoms with Crippen molar-refractivity contribution < 1.29 is 0 Å². The predicted octanol–water partition coefficient (Wildman–Crippen LogP) is 3.07. The third kappa shape index (κ3) is 1.41. The Hall–Kier alpha value is -1.44. The number of hydrogen-bond donors (Lipinski definition) is 0. The normalized spacial score (nSPS) is 20.2. The third-order valence-electron chi connectivity index (χ3n) is 3.25. The minimum absolute atomic E-state index is 0.610. The zero-order valence-corrected chi connectivity index (χ0v) is 8.90. The molecule has 0 fully saturated rings. The van der Waals surface area contributed by atoms with Gasteiger partial charge in [-0.3, -0.25) is 9.97 Å². The van der Waals surface area contributed by atoms with Crippen LogP contribution < -0.4 is 0 Å². The number of fused-ring (bicyclic) bond motifs is 2. The van der Waals surface area contributed by atoms with Crippen molar-refractivity contribution in [2.45, 2.75) is 32.1 Å². The van der Waals surface area contributed by atoms with Gasteiger partial charge in [-0.15, -0.1) is 0 Å². The molecule has 1 aliphatic carbocycles. The van der Waals surface area contributed by atoms with Crippen molar-refractivity contribution in [3.63, 3.8) is 0 Å². The molecule has 2 nitrogen and oxygen atoms in total. The summed E-state index contributed by atoms with van der Waals surface area (Å²) in [7, 11) is 0. The van der Waals surface area contributed by atoms with Crippen LogP contribution in [-0.4, -0.2) is 9.97 Å². The molecule has 15 heavy (non-hydrogen) atoms. The molecule has 2 heterocycles. The van der Waals surface area contributed by atoms with Gasteiger partial charge in [0.1, 0.15) is 0 Å². The van der Waals surface area contributed by atoms with Gasteiger partial charge >= 0.3 is 0 Å². The number of hydrogen-bond acceptors (Lipinski definition) is 2. The van der Waals surface area contributed by atoms with Gasteiger partial charge in [0.15, 0.2) is 0 Å². The van der Waals surface area contributed by atoms with Crippen molar-refractivity contribution in [3.05, 3.63) is 35.7 Å². The second-order valence-corrected chi connectivity index (χ2v) is 4.37. The Morgan fingerprint density at radius 2 is 2.27 bits per heavy atom. The van der Waals surface area contributed by atoms with Gasteiger partial charge in [-0.1, -0.05) is 6.92 Å². The Morgan fingerprint density at radius 1 is 1.33 bits per heavy atom. The Bertz CT molecular complexity index is 505. The molecule has 2 aromatic rings. The van der Waals surface area contributed by atoms with Gasteiger partial charge in [0.25, 0.3) is 0 Å². The van der Waals surface area contributed by atoms with Crippen LogP contribution in [-0.2, 0) is 6.42 Å². The van der Waals surface area contributed by atoms with Crippen molar-refractivity contribution in [2.24, 2.45) is 0 Å². The lowest BCUT2D eigenvalue weighted by Crippen LogP contribution is -2.09. The molecule has 2 aromatic heterocycles.